The minimum Gasteiger partial charge on any atom is -0.493 e. The second kappa shape index (κ2) is 8.62. The van der Waals surface area contributed by atoms with Gasteiger partial charge in [-0.2, -0.15) is 0 Å². The van der Waals surface area contributed by atoms with Gasteiger partial charge in [-0.15, -0.1) is 11.8 Å². The van der Waals surface area contributed by atoms with E-state index in [1.165, 1.54) is 11.8 Å². The second-order valence-corrected chi connectivity index (χ2v) is 9.05. The van der Waals surface area contributed by atoms with E-state index in [0.29, 0.717) is 31.1 Å². The highest BCUT2D eigenvalue weighted by molar-refractivity contribution is 8.02. The summed E-state index contributed by atoms with van der Waals surface area (Å²) in [4.78, 5) is 11.9. The van der Waals surface area contributed by atoms with E-state index in [1.807, 2.05) is 25.1 Å². The Morgan fingerprint density at radius 3 is 2.79 bits per heavy atom. The number of sulfone groups is 1. The molecular weight excluding hydrogens is 350 g/mol. The van der Waals surface area contributed by atoms with Gasteiger partial charge in [0.25, 0.3) is 0 Å². The molecule has 1 saturated heterocycles. The van der Waals surface area contributed by atoms with Gasteiger partial charge in [0.2, 0.25) is 5.91 Å². The van der Waals surface area contributed by atoms with E-state index < -0.39 is 9.84 Å². The lowest BCUT2D eigenvalue weighted by Crippen LogP contribution is -2.25. The quantitative estimate of drug-likeness (QED) is 0.746. The molecule has 1 aliphatic rings. The van der Waals surface area contributed by atoms with Gasteiger partial charge in [0, 0.05) is 11.8 Å². The summed E-state index contributed by atoms with van der Waals surface area (Å²) in [7, 11) is -1.32. The average Bonchev–Trinajstić information content (AvgIpc) is 2.91. The highest BCUT2D eigenvalue weighted by Gasteiger charge is 2.28. The Morgan fingerprint density at radius 2 is 2.17 bits per heavy atom. The molecule has 1 amide bonds. The molecule has 134 valence electrons. The molecule has 24 heavy (non-hydrogen) atoms. The van der Waals surface area contributed by atoms with Crippen LogP contribution < -0.4 is 14.8 Å². The Bertz CT molecular complexity index is 675. The van der Waals surface area contributed by atoms with Crippen molar-refractivity contribution in [3.05, 3.63) is 23.8 Å². The van der Waals surface area contributed by atoms with Crippen molar-refractivity contribution in [2.75, 3.05) is 31.0 Å². The summed E-state index contributed by atoms with van der Waals surface area (Å²) in [6.07, 6.45) is 0.635. The lowest BCUT2D eigenvalue weighted by Gasteiger charge is -2.12. The number of thioether (sulfide) groups is 1. The molecule has 0 aliphatic carbocycles. The van der Waals surface area contributed by atoms with Gasteiger partial charge in [0.05, 0.1) is 31.0 Å². The first-order chi connectivity index (χ1) is 11.4. The third kappa shape index (κ3) is 5.59. The van der Waals surface area contributed by atoms with Crippen molar-refractivity contribution in [3.63, 3.8) is 0 Å². The molecule has 1 aliphatic heterocycles. The van der Waals surface area contributed by atoms with Gasteiger partial charge >= 0.3 is 0 Å². The first-order valence-corrected chi connectivity index (χ1v) is 10.7. The van der Waals surface area contributed by atoms with Crippen molar-refractivity contribution < 1.29 is 22.7 Å². The predicted molar refractivity (Wildman–Crippen MR) is 95.5 cm³/mol. The highest BCUT2D eigenvalue weighted by atomic mass is 32.2. The summed E-state index contributed by atoms with van der Waals surface area (Å²) in [6.45, 7) is 2.85. The zero-order valence-electron chi connectivity index (χ0n) is 13.9. The van der Waals surface area contributed by atoms with Gasteiger partial charge in [-0.05, 0) is 31.0 Å². The largest absolute Gasteiger partial charge is 0.493 e. The average molecular weight is 373 g/mol. The molecule has 1 aromatic carbocycles. The molecule has 1 heterocycles. The third-order valence-electron chi connectivity index (χ3n) is 3.66. The molecule has 6 nitrogen and oxygen atoms in total. The van der Waals surface area contributed by atoms with Crippen LogP contribution in [0.2, 0.25) is 0 Å². The Labute approximate surface area is 147 Å². The first-order valence-electron chi connectivity index (χ1n) is 7.82. The zero-order chi connectivity index (χ0) is 17.6. The Balaban J connectivity index is 1.79. The maximum absolute atomic E-state index is 11.9. The van der Waals surface area contributed by atoms with Crippen LogP contribution >= 0.6 is 11.8 Å². The molecule has 0 spiro atoms. The molecule has 0 aromatic heterocycles. The number of hydrogen-bond donors (Lipinski definition) is 1. The van der Waals surface area contributed by atoms with Crippen LogP contribution in [0.4, 0.5) is 0 Å². The Hall–Kier alpha value is -1.41. The lowest BCUT2D eigenvalue weighted by molar-refractivity contribution is -0.118. The minimum absolute atomic E-state index is 0.0336. The number of hydrogen-bond acceptors (Lipinski definition) is 6. The van der Waals surface area contributed by atoms with Gasteiger partial charge in [-0.25, -0.2) is 8.42 Å². The maximum atomic E-state index is 11.9. The molecule has 0 bridgehead atoms. The number of amides is 1. The van der Waals surface area contributed by atoms with E-state index >= 15 is 0 Å². The van der Waals surface area contributed by atoms with Crippen molar-refractivity contribution in [3.8, 4) is 11.5 Å². The minimum atomic E-state index is -2.89. The van der Waals surface area contributed by atoms with Crippen molar-refractivity contribution in [1.29, 1.82) is 0 Å². The van der Waals surface area contributed by atoms with Crippen LogP contribution in [0.25, 0.3) is 0 Å². The SMILES string of the molecule is CCOc1ccc(CNC(=O)CS[C@@H]2CCS(=O)(=O)C2)cc1OC. The fraction of sp³-hybridized carbons (Fsp3) is 0.562. The number of carbonyl (C=O) groups excluding carboxylic acids is 1. The first kappa shape index (κ1) is 18.9. The lowest BCUT2D eigenvalue weighted by atomic mass is 10.2. The van der Waals surface area contributed by atoms with Crippen LogP contribution in [-0.2, 0) is 21.2 Å². The fourth-order valence-corrected chi connectivity index (χ4v) is 5.91. The maximum Gasteiger partial charge on any atom is 0.230 e. The molecule has 2 rings (SSSR count). The predicted octanol–water partition coefficient (Wildman–Crippen LogP) is 1.63. The summed E-state index contributed by atoms with van der Waals surface area (Å²) in [6, 6.07) is 5.54. The summed E-state index contributed by atoms with van der Waals surface area (Å²) < 4.78 is 33.5. The number of nitrogens with one attached hydrogen (secondary N) is 1. The van der Waals surface area contributed by atoms with Crippen LogP contribution in [-0.4, -0.2) is 50.6 Å². The second-order valence-electron chi connectivity index (χ2n) is 5.53. The zero-order valence-corrected chi connectivity index (χ0v) is 15.5. The fourth-order valence-electron chi connectivity index (χ4n) is 2.43. The standard InChI is InChI=1S/C16H23NO5S2/c1-3-22-14-5-4-12(8-15(14)21-2)9-17-16(18)10-23-13-6-7-24(19,20)11-13/h4-5,8,13H,3,6-7,9-11H2,1-2H3,(H,17,18)/t13-/m1/s1. The van der Waals surface area contributed by atoms with Crippen LogP contribution in [0, 0.1) is 0 Å². The monoisotopic (exact) mass is 373 g/mol. The van der Waals surface area contributed by atoms with Gasteiger partial charge in [-0.3, -0.25) is 4.79 Å². The summed E-state index contributed by atoms with van der Waals surface area (Å²) in [5.41, 5.74) is 0.914. The number of carbonyl (C=O) groups is 1. The summed E-state index contributed by atoms with van der Waals surface area (Å²) in [5.74, 6) is 1.90. The summed E-state index contributed by atoms with van der Waals surface area (Å²) in [5, 5.41) is 2.87. The molecule has 0 unspecified atom stereocenters. The van der Waals surface area contributed by atoms with E-state index in [9.17, 15) is 13.2 Å². The summed E-state index contributed by atoms with van der Waals surface area (Å²) >= 11 is 1.41. The molecular formula is C16H23NO5S2. The van der Waals surface area contributed by atoms with E-state index in [-0.39, 0.29) is 28.4 Å². The molecule has 0 saturated carbocycles. The highest BCUT2D eigenvalue weighted by Crippen LogP contribution is 2.28. The van der Waals surface area contributed by atoms with Crippen molar-refractivity contribution in [1.82, 2.24) is 5.32 Å². The number of methoxy groups -OCH3 is 1. The Morgan fingerprint density at radius 1 is 1.38 bits per heavy atom. The number of rotatable bonds is 8. The molecule has 0 radical (unpaired) electrons. The van der Waals surface area contributed by atoms with Gasteiger partial charge in [0.1, 0.15) is 0 Å². The number of ether oxygens (including phenoxy) is 2. The van der Waals surface area contributed by atoms with E-state index in [1.54, 1.807) is 7.11 Å². The Kier molecular flexibility index (Phi) is 6.79. The van der Waals surface area contributed by atoms with Gasteiger partial charge in [0.15, 0.2) is 21.3 Å². The molecule has 1 aromatic rings. The van der Waals surface area contributed by atoms with E-state index in [2.05, 4.69) is 5.32 Å². The van der Waals surface area contributed by atoms with Crippen molar-refractivity contribution in [2.24, 2.45) is 0 Å². The van der Waals surface area contributed by atoms with Crippen LogP contribution in [0.1, 0.15) is 18.9 Å². The number of benzene rings is 1. The molecule has 1 N–H and O–H groups in total. The van der Waals surface area contributed by atoms with Crippen LogP contribution in [0.15, 0.2) is 18.2 Å². The van der Waals surface area contributed by atoms with Crippen LogP contribution in [0.5, 0.6) is 11.5 Å². The topological polar surface area (TPSA) is 81.7 Å². The molecule has 1 atom stereocenters. The van der Waals surface area contributed by atoms with E-state index in [0.717, 1.165) is 5.56 Å². The van der Waals surface area contributed by atoms with Crippen LogP contribution in [0.3, 0.4) is 0 Å². The third-order valence-corrected chi connectivity index (χ3v) is 6.94. The van der Waals surface area contributed by atoms with Gasteiger partial charge in [-0.1, -0.05) is 6.07 Å². The molecule has 1 fully saturated rings. The van der Waals surface area contributed by atoms with E-state index in [4.69, 9.17) is 9.47 Å². The normalized spacial score (nSPS) is 19.0. The molecule has 8 heteroatoms. The van der Waals surface area contributed by atoms with Gasteiger partial charge < -0.3 is 14.8 Å². The smallest absolute Gasteiger partial charge is 0.230 e. The van der Waals surface area contributed by atoms with Crippen molar-refractivity contribution in [2.45, 2.75) is 25.1 Å². The van der Waals surface area contributed by atoms with Crippen molar-refractivity contribution >= 4 is 27.5 Å².